The van der Waals surface area contributed by atoms with E-state index in [1.54, 1.807) is 0 Å². The Hall–Kier alpha value is 1.34. The van der Waals surface area contributed by atoms with Crippen molar-refractivity contribution >= 4 is 0 Å². The first-order valence-electron chi connectivity index (χ1n) is 1.76. The van der Waals surface area contributed by atoms with E-state index in [1.165, 1.54) is 0 Å². The van der Waals surface area contributed by atoms with Gasteiger partial charge in [0.15, 0.2) is 0 Å². The molecule has 1 aliphatic heterocycles. The third-order valence-corrected chi connectivity index (χ3v) is 4.47. The number of rotatable bonds is 0. The molecular formula is C2H5I2NO2-2. The van der Waals surface area contributed by atoms with Gasteiger partial charge in [-0.05, 0) is 0 Å². The van der Waals surface area contributed by atoms with Crippen LogP contribution in [0, 0.1) is 0 Å². The van der Waals surface area contributed by atoms with Gasteiger partial charge in [0.05, 0.1) is 0 Å². The van der Waals surface area contributed by atoms with Crippen LogP contribution in [0.1, 0.15) is 0 Å². The molecule has 1 heterocycles. The van der Waals surface area contributed by atoms with E-state index in [-0.39, 0.29) is 43.8 Å². The monoisotopic (exact) mass is 329 g/mol. The average molecular weight is 329 g/mol. The molecule has 1 aliphatic rings. The molecule has 1 rings (SSSR count). The molecule has 0 aromatic carbocycles. The van der Waals surface area contributed by atoms with Gasteiger partial charge in [-0.2, -0.15) is 0 Å². The van der Waals surface area contributed by atoms with E-state index >= 15 is 0 Å². The Bertz CT molecular complexity index is 33.3. The molecule has 0 aromatic rings. The third-order valence-electron chi connectivity index (χ3n) is 0.405. The second-order valence-electron chi connectivity index (χ2n) is 0.852. The summed E-state index contributed by atoms with van der Waals surface area (Å²) in [5.41, 5.74) is 0. The molecule has 3 nitrogen and oxygen atoms in total. The molecule has 0 atom stereocenters. The predicted octanol–water partition coefficient (Wildman–Crippen LogP) is -6.54. The Morgan fingerprint density at radius 3 is 2.29 bits per heavy atom. The van der Waals surface area contributed by atoms with Gasteiger partial charge < -0.3 is 0 Å². The molecule has 0 saturated carbocycles. The van der Waals surface area contributed by atoms with Gasteiger partial charge in [-0.1, -0.05) is 0 Å². The second kappa shape index (κ2) is 4.24. The summed E-state index contributed by atoms with van der Waals surface area (Å²) < 4.78 is 13.3. The first kappa shape index (κ1) is 6.46. The molecule has 7 heavy (non-hydrogen) atoms. The van der Waals surface area contributed by atoms with Crippen LogP contribution < -0.4 is 45.5 Å². The van der Waals surface area contributed by atoms with Crippen LogP contribution in [0.15, 0.2) is 0 Å². The van der Waals surface area contributed by atoms with E-state index in [0.29, 0.717) is 0 Å². The van der Waals surface area contributed by atoms with Crippen LogP contribution in [0.25, 0.3) is 0 Å². The van der Waals surface area contributed by atoms with E-state index in [1.807, 2.05) is 0 Å². The van der Waals surface area contributed by atoms with Crippen LogP contribution >= 0.6 is 0 Å². The minimum atomic E-state index is -0.139. The predicted molar refractivity (Wildman–Crippen MR) is 15.0 cm³/mol. The van der Waals surface area contributed by atoms with Crippen LogP contribution in [-0.2, 0) is 6.13 Å². The molecule has 0 bridgehead atoms. The van der Waals surface area contributed by atoms with E-state index in [9.17, 15) is 0 Å². The van der Waals surface area contributed by atoms with Gasteiger partial charge in [0.25, 0.3) is 0 Å². The Morgan fingerprint density at radius 2 is 1.71 bits per heavy atom. The van der Waals surface area contributed by atoms with Gasteiger partial charge in [-0.15, -0.1) is 0 Å². The number of halogens is 2. The van der Waals surface area contributed by atoms with E-state index in [0.717, 1.165) is 13.2 Å². The van der Waals surface area contributed by atoms with Crippen molar-refractivity contribution < 1.29 is 49.9 Å². The quantitative estimate of drug-likeness (QED) is 0.354. The summed E-state index contributed by atoms with van der Waals surface area (Å²) >= 11 is -0.278. The Balaban J connectivity index is 2.04. The first-order chi connectivity index (χ1) is 3.50. The summed E-state index contributed by atoms with van der Waals surface area (Å²) in [5.74, 6) is 0. The van der Waals surface area contributed by atoms with Gasteiger partial charge in [-0.25, -0.2) is 0 Å². The van der Waals surface area contributed by atoms with Gasteiger partial charge in [0, 0.05) is 0 Å². The van der Waals surface area contributed by atoms with Crippen LogP contribution in [0.3, 0.4) is 0 Å². The summed E-state index contributed by atoms with van der Waals surface area (Å²) in [6.07, 6.45) is 0. The standard InChI is InChI=1S/C2H5I2NO2/c1-2-7-4-5-3-6-1/h5H,1-2H2/q-2. The maximum atomic E-state index is 5.10. The van der Waals surface area contributed by atoms with Gasteiger partial charge >= 0.3 is 64.9 Å². The summed E-state index contributed by atoms with van der Waals surface area (Å²) in [6, 6.07) is 0. The summed E-state index contributed by atoms with van der Waals surface area (Å²) in [5, 5.41) is 0. The van der Waals surface area contributed by atoms with Crippen LogP contribution in [0.5, 0.6) is 0 Å². The number of hydrogen-bond acceptors (Lipinski definition) is 3. The zero-order chi connectivity index (χ0) is 4.95. The zero-order valence-electron chi connectivity index (χ0n) is 3.49. The molecule has 0 radical (unpaired) electrons. The van der Waals surface area contributed by atoms with Crippen LogP contribution in [-0.4, -0.2) is 13.2 Å². The number of hydrogen-bond donors (Lipinski definition) is 1. The first-order valence-corrected chi connectivity index (χ1v) is 5.68. The zero-order valence-corrected chi connectivity index (χ0v) is 7.80. The van der Waals surface area contributed by atoms with Crippen molar-refractivity contribution in [2.24, 2.45) is 0 Å². The minimum absolute atomic E-state index is 0.139. The van der Waals surface area contributed by atoms with Crippen molar-refractivity contribution in [1.29, 1.82) is 0 Å². The Kier molecular flexibility index (Phi) is 3.91. The normalized spacial score (nSPS) is 26.3. The van der Waals surface area contributed by atoms with Gasteiger partial charge in [0.2, 0.25) is 0 Å². The Morgan fingerprint density at radius 1 is 1.14 bits per heavy atom. The van der Waals surface area contributed by atoms with Crippen molar-refractivity contribution in [3.8, 4) is 0 Å². The molecule has 1 fully saturated rings. The molecule has 0 aromatic heterocycles. The molecule has 0 amide bonds. The van der Waals surface area contributed by atoms with Crippen molar-refractivity contribution in [2.75, 3.05) is 13.2 Å². The molecule has 5 heteroatoms. The van der Waals surface area contributed by atoms with Crippen molar-refractivity contribution in [1.82, 2.24) is 1.74 Å². The third kappa shape index (κ3) is 3.01. The fraction of sp³-hybridized carbons (Fsp3) is 1.00. The molecule has 46 valence electrons. The summed E-state index contributed by atoms with van der Waals surface area (Å²) in [4.78, 5) is 0. The molecule has 1 N–H and O–H groups in total. The maximum absolute atomic E-state index is 5.10. The molecule has 0 aliphatic carbocycles. The summed E-state index contributed by atoms with van der Waals surface area (Å²) in [7, 11) is 0. The van der Waals surface area contributed by atoms with E-state index < -0.39 is 0 Å². The van der Waals surface area contributed by atoms with Gasteiger partial charge in [0.1, 0.15) is 0 Å². The fourth-order valence-corrected chi connectivity index (χ4v) is 3.33. The molecular weight excluding hydrogens is 324 g/mol. The van der Waals surface area contributed by atoms with Crippen molar-refractivity contribution in [3.05, 3.63) is 0 Å². The fourth-order valence-electron chi connectivity index (χ4n) is 0.193. The molecule has 0 unspecified atom stereocenters. The topological polar surface area (TPSA) is 30.5 Å². The second-order valence-corrected chi connectivity index (χ2v) is 6.12. The van der Waals surface area contributed by atoms with Crippen LogP contribution in [0.2, 0.25) is 0 Å². The van der Waals surface area contributed by atoms with Crippen molar-refractivity contribution in [3.63, 3.8) is 0 Å². The SMILES string of the molecule is C1CO[I-]N[I-]O1. The van der Waals surface area contributed by atoms with Crippen molar-refractivity contribution in [2.45, 2.75) is 0 Å². The summed E-state index contributed by atoms with van der Waals surface area (Å²) in [6.45, 7) is 1.58. The van der Waals surface area contributed by atoms with Gasteiger partial charge in [-0.3, -0.25) is 0 Å². The molecule has 1 saturated heterocycles. The van der Waals surface area contributed by atoms with E-state index in [2.05, 4.69) is 1.74 Å². The van der Waals surface area contributed by atoms with E-state index in [4.69, 9.17) is 6.13 Å². The Labute approximate surface area is 64.5 Å². The number of nitrogens with one attached hydrogen (secondary N) is 1. The average Bonchev–Trinajstić information content (AvgIpc) is 1.90. The molecule has 0 spiro atoms. The van der Waals surface area contributed by atoms with Crippen LogP contribution in [0.4, 0.5) is 0 Å².